The number of rotatable bonds is 5. The highest BCUT2D eigenvalue weighted by Gasteiger charge is 2.22. The number of hydrogen-bond acceptors (Lipinski definition) is 5. The molecule has 1 N–H and O–H groups in total. The van der Waals surface area contributed by atoms with Gasteiger partial charge in [0.2, 0.25) is 0 Å². The molecule has 7 heteroatoms. The average molecular weight is 393 g/mol. The zero-order chi connectivity index (χ0) is 20.3. The van der Waals surface area contributed by atoms with E-state index in [1.54, 1.807) is 26.0 Å². The molecule has 0 saturated heterocycles. The summed E-state index contributed by atoms with van der Waals surface area (Å²) in [5, 5.41) is 12.6. The van der Waals surface area contributed by atoms with E-state index in [-0.39, 0.29) is 18.1 Å². The van der Waals surface area contributed by atoms with Crippen LogP contribution in [-0.4, -0.2) is 23.1 Å². The molecular weight excluding hydrogens is 374 g/mol. The van der Waals surface area contributed by atoms with Gasteiger partial charge < -0.3 is 14.6 Å². The van der Waals surface area contributed by atoms with E-state index in [1.165, 1.54) is 0 Å². The number of nitriles is 1. The molecule has 0 unspecified atom stereocenters. The van der Waals surface area contributed by atoms with Crippen LogP contribution in [0.5, 0.6) is 0 Å². The Balaban J connectivity index is 1.92. The number of anilines is 1. The number of carbonyl (C=O) groups is 2. The lowest BCUT2D eigenvalue weighted by atomic mass is 10.1. The summed E-state index contributed by atoms with van der Waals surface area (Å²) >= 11 is 1.05. The summed E-state index contributed by atoms with van der Waals surface area (Å²) in [4.78, 5) is 25.2. The summed E-state index contributed by atoms with van der Waals surface area (Å²) in [6, 6.07) is 11.3. The van der Waals surface area contributed by atoms with Gasteiger partial charge in [0.25, 0.3) is 5.91 Å². The molecular formula is C21H19N3O3S. The van der Waals surface area contributed by atoms with Crippen LogP contribution in [0.15, 0.2) is 42.7 Å². The van der Waals surface area contributed by atoms with Gasteiger partial charge in [0.05, 0.1) is 12.2 Å². The second kappa shape index (κ2) is 8.11. The summed E-state index contributed by atoms with van der Waals surface area (Å²) in [6.45, 7) is 5.60. The highest BCUT2D eigenvalue weighted by atomic mass is 32.1. The standard InChI is InChI=1S/C21H19N3O3S/c1-4-27-21(26)18-14(3)16(12-22)20(28-18)23-19(25)15-8-7-13(2)17(11-15)24-9-5-6-10-24/h5-11H,4H2,1-3H3,(H,23,25). The first kappa shape index (κ1) is 19.4. The topological polar surface area (TPSA) is 84.1 Å². The minimum Gasteiger partial charge on any atom is -0.462 e. The first-order valence-corrected chi connectivity index (χ1v) is 9.53. The van der Waals surface area contributed by atoms with Crippen molar-refractivity contribution >= 4 is 28.2 Å². The molecule has 3 aromatic rings. The Morgan fingerprint density at radius 1 is 1.25 bits per heavy atom. The van der Waals surface area contributed by atoms with Crippen LogP contribution >= 0.6 is 11.3 Å². The zero-order valence-corrected chi connectivity index (χ0v) is 16.6. The van der Waals surface area contributed by atoms with Gasteiger partial charge in [0.1, 0.15) is 15.9 Å². The Kier molecular flexibility index (Phi) is 5.62. The molecule has 142 valence electrons. The van der Waals surface area contributed by atoms with Gasteiger partial charge in [-0.25, -0.2) is 4.79 Å². The lowest BCUT2D eigenvalue weighted by Gasteiger charge is -2.10. The Bertz CT molecular complexity index is 1080. The Labute approximate surface area is 167 Å². The van der Waals surface area contributed by atoms with E-state index < -0.39 is 5.97 Å². The first-order valence-electron chi connectivity index (χ1n) is 8.72. The highest BCUT2D eigenvalue weighted by Crippen LogP contribution is 2.33. The van der Waals surface area contributed by atoms with Crippen LogP contribution < -0.4 is 5.32 Å². The van der Waals surface area contributed by atoms with Gasteiger partial charge in [-0.1, -0.05) is 6.07 Å². The third-order valence-electron chi connectivity index (χ3n) is 4.30. The summed E-state index contributed by atoms with van der Waals surface area (Å²) in [6.07, 6.45) is 3.82. The first-order chi connectivity index (χ1) is 13.5. The fourth-order valence-electron chi connectivity index (χ4n) is 2.83. The third kappa shape index (κ3) is 3.68. The Morgan fingerprint density at radius 2 is 1.96 bits per heavy atom. The molecule has 28 heavy (non-hydrogen) atoms. The molecule has 0 aliphatic rings. The monoisotopic (exact) mass is 393 g/mol. The summed E-state index contributed by atoms with van der Waals surface area (Å²) in [5.74, 6) is -0.839. The summed E-state index contributed by atoms with van der Waals surface area (Å²) in [7, 11) is 0. The van der Waals surface area contributed by atoms with E-state index in [9.17, 15) is 14.9 Å². The van der Waals surface area contributed by atoms with Gasteiger partial charge in [-0.3, -0.25) is 4.79 Å². The maximum atomic E-state index is 12.8. The van der Waals surface area contributed by atoms with Crippen LogP contribution in [0.4, 0.5) is 5.00 Å². The smallest absolute Gasteiger partial charge is 0.348 e. The van der Waals surface area contributed by atoms with Gasteiger partial charge in [-0.15, -0.1) is 11.3 Å². The second-order valence-electron chi connectivity index (χ2n) is 6.14. The molecule has 0 radical (unpaired) electrons. The van der Waals surface area contributed by atoms with Gasteiger partial charge in [-0.2, -0.15) is 5.26 Å². The predicted molar refractivity (Wildman–Crippen MR) is 108 cm³/mol. The molecule has 0 spiro atoms. The van der Waals surface area contributed by atoms with Crippen molar-refractivity contribution in [2.75, 3.05) is 11.9 Å². The second-order valence-corrected chi connectivity index (χ2v) is 7.16. The lowest BCUT2D eigenvalue weighted by Crippen LogP contribution is -2.12. The van der Waals surface area contributed by atoms with E-state index in [2.05, 4.69) is 11.4 Å². The molecule has 0 saturated carbocycles. The van der Waals surface area contributed by atoms with Crippen LogP contribution in [-0.2, 0) is 4.74 Å². The summed E-state index contributed by atoms with van der Waals surface area (Å²) < 4.78 is 6.96. The highest BCUT2D eigenvalue weighted by molar-refractivity contribution is 7.18. The molecule has 6 nitrogen and oxygen atoms in total. The van der Waals surface area contributed by atoms with Crippen molar-refractivity contribution in [2.45, 2.75) is 20.8 Å². The number of aromatic nitrogens is 1. The fraction of sp³-hybridized carbons (Fsp3) is 0.190. The van der Waals surface area contributed by atoms with Crippen molar-refractivity contribution in [1.82, 2.24) is 4.57 Å². The fourth-order valence-corrected chi connectivity index (χ4v) is 3.87. The van der Waals surface area contributed by atoms with Crippen molar-refractivity contribution < 1.29 is 14.3 Å². The number of benzene rings is 1. The number of nitrogens with zero attached hydrogens (tertiary/aromatic N) is 2. The van der Waals surface area contributed by atoms with Crippen LogP contribution in [0.3, 0.4) is 0 Å². The number of thiophene rings is 1. The van der Waals surface area contributed by atoms with E-state index in [1.807, 2.05) is 42.1 Å². The molecule has 0 atom stereocenters. The van der Waals surface area contributed by atoms with Gasteiger partial charge >= 0.3 is 5.97 Å². The molecule has 2 aromatic heterocycles. The SMILES string of the molecule is CCOC(=O)c1sc(NC(=O)c2ccc(C)c(-n3cccc3)c2)c(C#N)c1C. The van der Waals surface area contributed by atoms with Crippen LogP contribution in [0, 0.1) is 25.2 Å². The maximum absolute atomic E-state index is 12.8. The number of nitrogens with one attached hydrogen (secondary N) is 1. The van der Waals surface area contributed by atoms with Crippen molar-refractivity contribution in [3.63, 3.8) is 0 Å². The molecule has 0 bridgehead atoms. The largest absolute Gasteiger partial charge is 0.462 e. The van der Waals surface area contributed by atoms with Crippen molar-refractivity contribution in [3.8, 4) is 11.8 Å². The number of amides is 1. The van der Waals surface area contributed by atoms with E-state index in [0.29, 0.717) is 21.0 Å². The van der Waals surface area contributed by atoms with E-state index in [0.717, 1.165) is 22.6 Å². The van der Waals surface area contributed by atoms with Crippen molar-refractivity contribution in [1.29, 1.82) is 5.26 Å². The number of esters is 1. The quantitative estimate of drug-likeness (QED) is 0.649. The Morgan fingerprint density at radius 3 is 2.61 bits per heavy atom. The van der Waals surface area contributed by atoms with Gasteiger partial charge in [0.15, 0.2) is 0 Å². The number of carbonyl (C=O) groups excluding carboxylic acids is 2. The normalized spacial score (nSPS) is 10.4. The van der Waals surface area contributed by atoms with Crippen LogP contribution in [0.25, 0.3) is 5.69 Å². The lowest BCUT2D eigenvalue weighted by molar-refractivity contribution is 0.0531. The zero-order valence-electron chi connectivity index (χ0n) is 15.8. The predicted octanol–water partition coefficient (Wildman–Crippen LogP) is 4.46. The molecule has 1 aromatic carbocycles. The van der Waals surface area contributed by atoms with E-state index >= 15 is 0 Å². The maximum Gasteiger partial charge on any atom is 0.348 e. The average Bonchev–Trinajstić information content (AvgIpc) is 3.30. The molecule has 3 rings (SSSR count). The molecule has 0 aliphatic heterocycles. The number of aryl methyl sites for hydroxylation is 1. The van der Waals surface area contributed by atoms with Gasteiger partial charge in [-0.05, 0) is 56.2 Å². The van der Waals surface area contributed by atoms with Crippen LogP contribution in [0.1, 0.15) is 43.6 Å². The summed E-state index contributed by atoms with van der Waals surface area (Å²) in [5.41, 5.74) is 3.18. The van der Waals surface area contributed by atoms with Crippen molar-refractivity contribution in [2.24, 2.45) is 0 Å². The van der Waals surface area contributed by atoms with Gasteiger partial charge in [0, 0.05) is 23.6 Å². The molecule has 2 heterocycles. The van der Waals surface area contributed by atoms with Crippen LogP contribution in [0.2, 0.25) is 0 Å². The minimum atomic E-state index is -0.493. The molecule has 0 fully saturated rings. The van der Waals surface area contributed by atoms with E-state index in [4.69, 9.17) is 4.74 Å². The molecule has 0 aliphatic carbocycles. The molecule has 1 amide bonds. The number of ether oxygens (including phenoxy) is 1. The minimum absolute atomic E-state index is 0.241. The van der Waals surface area contributed by atoms with Crippen molar-refractivity contribution in [3.05, 3.63) is 69.9 Å². The Hall–Kier alpha value is -3.37. The third-order valence-corrected chi connectivity index (χ3v) is 5.49. The number of hydrogen-bond donors (Lipinski definition) is 1.